The van der Waals surface area contributed by atoms with Gasteiger partial charge in [-0.3, -0.25) is 14.4 Å². The van der Waals surface area contributed by atoms with Gasteiger partial charge < -0.3 is 9.64 Å². The van der Waals surface area contributed by atoms with Crippen molar-refractivity contribution in [3.8, 4) is 5.75 Å². The Morgan fingerprint density at radius 3 is 2.23 bits per heavy atom. The van der Waals surface area contributed by atoms with Crippen LogP contribution in [0.1, 0.15) is 34.8 Å². The molecule has 5 heteroatoms. The minimum absolute atomic E-state index is 0.0478. The lowest BCUT2D eigenvalue weighted by Crippen LogP contribution is -2.27. The van der Waals surface area contributed by atoms with E-state index in [4.69, 9.17) is 4.74 Å². The molecule has 0 N–H and O–H groups in total. The summed E-state index contributed by atoms with van der Waals surface area (Å²) in [5.41, 5.74) is 3.52. The first-order valence-electron chi connectivity index (χ1n) is 8.55. The van der Waals surface area contributed by atoms with E-state index >= 15 is 0 Å². The molecule has 2 aromatic carbocycles. The third kappa shape index (κ3) is 3.82. The van der Waals surface area contributed by atoms with E-state index in [1.165, 1.54) is 6.92 Å². The predicted octanol–water partition coefficient (Wildman–Crippen LogP) is 3.46. The summed E-state index contributed by atoms with van der Waals surface area (Å²) < 4.78 is 5.38. The molecule has 134 valence electrons. The third-order valence-electron chi connectivity index (χ3n) is 4.46. The number of carbonyl (C=O) groups is 3. The molecule has 0 saturated carbocycles. The second-order valence-corrected chi connectivity index (χ2v) is 6.75. The van der Waals surface area contributed by atoms with Crippen LogP contribution in [-0.4, -0.2) is 24.2 Å². The zero-order chi connectivity index (χ0) is 18.8. The highest BCUT2D eigenvalue weighted by atomic mass is 16.5. The number of hydrogen-bond acceptors (Lipinski definition) is 4. The minimum atomic E-state index is -0.504. The first kappa shape index (κ1) is 17.9. The van der Waals surface area contributed by atoms with Crippen molar-refractivity contribution in [2.24, 2.45) is 5.92 Å². The number of hydrogen-bond donors (Lipinski definition) is 0. The van der Waals surface area contributed by atoms with Crippen LogP contribution in [0.4, 0.5) is 5.69 Å². The van der Waals surface area contributed by atoms with E-state index in [1.54, 1.807) is 29.2 Å². The molecule has 0 unspecified atom stereocenters. The summed E-state index contributed by atoms with van der Waals surface area (Å²) in [4.78, 5) is 37.7. The summed E-state index contributed by atoms with van der Waals surface area (Å²) in [6.45, 7) is 5.75. The van der Waals surface area contributed by atoms with Crippen LogP contribution in [0.2, 0.25) is 0 Å². The van der Waals surface area contributed by atoms with Crippen molar-refractivity contribution in [3.63, 3.8) is 0 Å². The van der Waals surface area contributed by atoms with Crippen LogP contribution in [0.25, 0.3) is 0 Å². The Morgan fingerprint density at radius 2 is 1.65 bits per heavy atom. The quantitative estimate of drug-likeness (QED) is 0.481. The lowest BCUT2D eigenvalue weighted by molar-refractivity contribution is -0.139. The number of carbonyl (C=O) groups excluding carboxylic acids is 3. The lowest BCUT2D eigenvalue weighted by atomic mass is 10.1. The first-order valence-corrected chi connectivity index (χ1v) is 8.55. The average molecular weight is 351 g/mol. The van der Waals surface area contributed by atoms with Gasteiger partial charge in [0.25, 0.3) is 0 Å². The molecule has 26 heavy (non-hydrogen) atoms. The van der Waals surface area contributed by atoms with E-state index in [1.807, 2.05) is 32.0 Å². The number of esters is 1. The second-order valence-electron chi connectivity index (χ2n) is 6.75. The molecular weight excluding hydrogens is 330 g/mol. The van der Waals surface area contributed by atoms with Gasteiger partial charge in [-0.25, -0.2) is 0 Å². The van der Waals surface area contributed by atoms with Crippen molar-refractivity contribution >= 4 is 23.3 Å². The normalized spacial score (nSPS) is 16.7. The molecular formula is C21H21NO4. The summed E-state index contributed by atoms with van der Waals surface area (Å²) in [5.74, 6) is -0.689. The Balaban J connectivity index is 1.69. The topological polar surface area (TPSA) is 63.7 Å². The molecule has 0 spiro atoms. The molecule has 0 radical (unpaired) electrons. The molecule has 1 amide bonds. The Kier molecular flexibility index (Phi) is 4.89. The SMILES string of the molecule is CC(=O)c1ccc(OC(=O)[C@@H]2CC(=O)N(c3cc(C)cc(C)c3)C2)cc1. The van der Waals surface area contributed by atoms with Gasteiger partial charge in [-0.05, 0) is 68.3 Å². The van der Waals surface area contributed by atoms with Gasteiger partial charge in [-0.15, -0.1) is 0 Å². The number of rotatable bonds is 4. The fourth-order valence-electron chi connectivity index (χ4n) is 3.18. The highest BCUT2D eigenvalue weighted by molar-refractivity contribution is 6.00. The molecule has 1 saturated heterocycles. The number of amides is 1. The highest BCUT2D eigenvalue weighted by Gasteiger charge is 2.36. The van der Waals surface area contributed by atoms with E-state index in [9.17, 15) is 14.4 Å². The largest absolute Gasteiger partial charge is 0.426 e. The smallest absolute Gasteiger partial charge is 0.316 e. The summed E-state index contributed by atoms with van der Waals surface area (Å²) in [7, 11) is 0. The fourth-order valence-corrected chi connectivity index (χ4v) is 3.18. The number of ether oxygens (including phenoxy) is 1. The van der Waals surface area contributed by atoms with Crippen molar-refractivity contribution in [1.82, 2.24) is 0 Å². The maximum absolute atomic E-state index is 12.4. The van der Waals surface area contributed by atoms with Gasteiger partial charge in [0.05, 0.1) is 5.92 Å². The number of ketones is 1. The van der Waals surface area contributed by atoms with E-state index in [0.717, 1.165) is 16.8 Å². The lowest BCUT2D eigenvalue weighted by Gasteiger charge is -2.18. The van der Waals surface area contributed by atoms with Gasteiger partial charge in [0.1, 0.15) is 5.75 Å². The maximum Gasteiger partial charge on any atom is 0.316 e. The van der Waals surface area contributed by atoms with Crippen LogP contribution in [0.3, 0.4) is 0 Å². The molecule has 2 aromatic rings. The number of benzene rings is 2. The standard InChI is InChI=1S/C21H21NO4/c1-13-8-14(2)10-18(9-13)22-12-17(11-20(22)24)21(25)26-19-6-4-16(5-7-19)15(3)23/h4-10,17H,11-12H2,1-3H3/t17-/m1/s1. The van der Waals surface area contributed by atoms with E-state index < -0.39 is 11.9 Å². The van der Waals surface area contributed by atoms with Gasteiger partial charge >= 0.3 is 5.97 Å². The van der Waals surface area contributed by atoms with Crippen molar-refractivity contribution in [1.29, 1.82) is 0 Å². The molecule has 1 atom stereocenters. The van der Waals surface area contributed by atoms with E-state index in [-0.39, 0.29) is 18.1 Å². The molecule has 0 aromatic heterocycles. The minimum Gasteiger partial charge on any atom is -0.426 e. The van der Waals surface area contributed by atoms with E-state index in [0.29, 0.717) is 17.9 Å². The Labute approximate surface area is 152 Å². The van der Waals surface area contributed by atoms with Crippen LogP contribution in [0.5, 0.6) is 5.75 Å². The summed E-state index contributed by atoms with van der Waals surface area (Å²) in [5, 5.41) is 0. The predicted molar refractivity (Wildman–Crippen MR) is 98.5 cm³/mol. The van der Waals surface area contributed by atoms with Gasteiger partial charge in [0.15, 0.2) is 5.78 Å². The zero-order valence-corrected chi connectivity index (χ0v) is 15.1. The molecule has 3 rings (SSSR count). The van der Waals surface area contributed by atoms with Crippen molar-refractivity contribution < 1.29 is 19.1 Å². The average Bonchev–Trinajstić information content (AvgIpc) is 2.96. The van der Waals surface area contributed by atoms with E-state index in [2.05, 4.69) is 0 Å². The number of nitrogens with zero attached hydrogens (tertiary/aromatic N) is 1. The molecule has 5 nitrogen and oxygen atoms in total. The molecule has 1 aliphatic rings. The fraction of sp³-hybridized carbons (Fsp3) is 0.286. The van der Waals surface area contributed by atoms with Crippen LogP contribution in [-0.2, 0) is 9.59 Å². The summed E-state index contributed by atoms with van der Waals surface area (Å²) >= 11 is 0. The summed E-state index contributed by atoms with van der Waals surface area (Å²) in [6.07, 6.45) is 0.136. The number of Topliss-reactive ketones (excluding diaryl/α,β-unsaturated/α-hetero) is 1. The van der Waals surface area contributed by atoms with Crippen LogP contribution >= 0.6 is 0 Å². The molecule has 1 fully saturated rings. The Bertz CT molecular complexity index is 850. The van der Waals surface area contributed by atoms with Crippen molar-refractivity contribution in [2.75, 3.05) is 11.4 Å². The number of aryl methyl sites for hydroxylation is 2. The third-order valence-corrected chi connectivity index (χ3v) is 4.46. The Morgan fingerprint density at radius 1 is 1.04 bits per heavy atom. The second kappa shape index (κ2) is 7.12. The van der Waals surface area contributed by atoms with Crippen LogP contribution < -0.4 is 9.64 Å². The van der Waals surface area contributed by atoms with Crippen LogP contribution in [0.15, 0.2) is 42.5 Å². The zero-order valence-electron chi connectivity index (χ0n) is 15.1. The van der Waals surface area contributed by atoms with Crippen molar-refractivity contribution in [3.05, 3.63) is 59.2 Å². The number of anilines is 1. The monoisotopic (exact) mass is 351 g/mol. The Hall–Kier alpha value is -2.95. The van der Waals surface area contributed by atoms with Crippen LogP contribution in [0, 0.1) is 19.8 Å². The van der Waals surface area contributed by atoms with Gasteiger partial charge in [0, 0.05) is 24.2 Å². The molecule has 1 aliphatic heterocycles. The van der Waals surface area contributed by atoms with Gasteiger partial charge in [0.2, 0.25) is 5.91 Å². The highest BCUT2D eigenvalue weighted by Crippen LogP contribution is 2.28. The maximum atomic E-state index is 12.4. The van der Waals surface area contributed by atoms with Gasteiger partial charge in [-0.2, -0.15) is 0 Å². The van der Waals surface area contributed by atoms with Crippen molar-refractivity contribution in [2.45, 2.75) is 27.2 Å². The summed E-state index contributed by atoms with van der Waals surface area (Å²) in [6, 6.07) is 12.3. The van der Waals surface area contributed by atoms with Gasteiger partial charge in [-0.1, -0.05) is 6.07 Å². The molecule has 1 heterocycles. The first-order chi connectivity index (χ1) is 12.3. The molecule has 0 bridgehead atoms. The molecule has 0 aliphatic carbocycles.